The highest BCUT2D eigenvalue weighted by atomic mass is 19.3. The number of nitrogens with zero attached hydrogens (tertiary/aromatic N) is 1. The van der Waals surface area contributed by atoms with Crippen molar-refractivity contribution in [2.45, 2.75) is 38.7 Å². The Morgan fingerprint density at radius 2 is 2.00 bits per heavy atom. The van der Waals surface area contributed by atoms with Crippen molar-refractivity contribution in [3.05, 3.63) is 47.6 Å². The molecule has 1 aromatic rings. The fourth-order valence-electron chi connectivity index (χ4n) is 2.20. The van der Waals surface area contributed by atoms with E-state index in [1.165, 1.54) is 12.3 Å². The SMILES string of the molecule is CCC(=O)Nc1cc(C(C)NC(=O)C2=CC=C(OCC(F)(F)C(F)F)NN2)ccn1. The summed E-state index contributed by atoms with van der Waals surface area (Å²) < 4.78 is 54.6. The molecule has 1 atom stereocenters. The van der Waals surface area contributed by atoms with Crippen molar-refractivity contribution in [1.29, 1.82) is 0 Å². The summed E-state index contributed by atoms with van der Waals surface area (Å²) in [4.78, 5) is 27.8. The zero-order valence-corrected chi connectivity index (χ0v) is 16.1. The van der Waals surface area contributed by atoms with E-state index in [1.807, 2.05) is 0 Å². The number of amides is 2. The zero-order chi connectivity index (χ0) is 22.3. The molecule has 164 valence electrons. The van der Waals surface area contributed by atoms with Gasteiger partial charge in [0.05, 0.1) is 6.04 Å². The molecule has 2 amide bonds. The average molecular weight is 431 g/mol. The molecular formula is C18H21F4N5O3. The number of pyridine rings is 1. The summed E-state index contributed by atoms with van der Waals surface area (Å²) in [5.74, 6) is -4.92. The van der Waals surface area contributed by atoms with Crippen molar-refractivity contribution < 1.29 is 31.9 Å². The van der Waals surface area contributed by atoms with Gasteiger partial charge in [0.1, 0.15) is 11.5 Å². The van der Waals surface area contributed by atoms with Crippen molar-refractivity contribution in [3.8, 4) is 0 Å². The normalized spacial score (nSPS) is 14.6. The van der Waals surface area contributed by atoms with Gasteiger partial charge in [-0.3, -0.25) is 20.4 Å². The van der Waals surface area contributed by atoms with Crippen LogP contribution in [0.2, 0.25) is 0 Å². The van der Waals surface area contributed by atoms with E-state index in [1.54, 1.807) is 26.0 Å². The number of nitrogens with one attached hydrogen (secondary N) is 4. The minimum absolute atomic E-state index is 0.0448. The Bertz CT molecular complexity index is 845. The Kier molecular flexibility index (Phi) is 7.61. The number of carbonyl (C=O) groups excluding carboxylic acids is 2. The van der Waals surface area contributed by atoms with Crippen LogP contribution in [-0.2, 0) is 14.3 Å². The second-order valence-electron chi connectivity index (χ2n) is 6.28. The number of hydrogen-bond acceptors (Lipinski definition) is 6. The van der Waals surface area contributed by atoms with Crippen LogP contribution in [0.3, 0.4) is 0 Å². The second kappa shape index (κ2) is 9.94. The third kappa shape index (κ3) is 6.36. The molecule has 8 nitrogen and oxygen atoms in total. The number of aromatic nitrogens is 1. The largest absolute Gasteiger partial charge is 0.471 e. The van der Waals surface area contributed by atoms with E-state index in [4.69, 9.17) is 0 Å². The summed E-state index contributed by atoms with van der Waals surface area (Å²) in [6.07, 6.45) is 0.335. The molecule has 0 spiro atoms. The van der Waals surface area contributed by atoms with Crippen LogP contribution in [0.1, 0.15) is 31.9 Å². The third-order valence-corrected chi connectivity index (χ3v) is 3.93. The summed E-state index contributed by atoms with van der Waals surface area (Å²) in [6.45, 7) is 1.90. The summed E-state index contributed by atoms with van der Waals surface area (Å²) in [7, 11) is 0. The lowest BCUT2D eigenvalue weighted by atomic mass is 10.1. The van der Waals surface area contributed by atoms with Crippen LogP contribution >= 0.6 is 0 Å². The Morgan fingerprint density at radius 3 is 2.60 bits per heavy atom. The molecule has 0 aromatic carbocycles. The molecular weight excluding hydrogens is 410 g/mol. The highest BCUT2D eigenvalue weighted by Gasteiger charge is 2.42. The molecule has 0 saturated heterocycles. The first-order chi connectivity index (χ1) is 14.1. The lowest BCUT2D eigenvalue weighted by molar-refractivity contribution is -0.159. The minimum atomic E-state index is -4.29. The standard InChI is InChI=1S/C18H21F4N5O3/c1-3-14(28)25-13-8-11(6-7-23-13)10(2)24-16(29)12-4-5-15(27-26-12)30-9-18(21,22)17(19)20/h4-8,10,17,26-27H,3,9H2,1-2H3,(H,24,29)(H,23,25,28). The van der Waals surface area contributed by atoms with Crippen molar-refractivity contribution in [1.82, 2.24) is 21.2 Å². The van der Waals surface area contributed by atoms with Gasteiger partial charge in [0, 0.05) is 18.7 Å². The van der Waals surface area contributed by atoms with Gasteiger partial charge in [-0.15, -0.1) is 0 Å². The molecule has 1 aliphatic heterocycles. The van der Waals surface area contributed by atoms with Gasteiger partial charge in [-0.25, -0.2) is 13.8 Å². The van der Waals surface area contributed by atoms with Crippen LogP contribution in [0, 0.1) is 0 Å². The Labute approximate surface area is 169 Å². The van der Waals surface area contributed by atoms with Crippen LogP contribution in [0.5, 0.6) is 0 Å². The zero-order valence-electron chi connectivity index (χ0n) is 16.1. The molecule has 0 saturated carbocycles. The summed E-state index contributed by atoms with van der Waals surface area (Å²) in [5.41, 5.74) is 5.50. The third-order valence-electron chi connectivity index (χ3n) is 3.93. The molecule has 4 N–H and O–H groups in total. The monoisotopic (exact) mass is 431 g/mol. The number of alkyl halides is 4. The van der Waals surface area contributed by atoms with E-state index in [2.05, 4.69) is 31.2 Å². The molecule has 0 fully saturated rings. The number of halogens is 4. The summed E-state index contributed by atoms with van der Waals surface area (Å²) in [6, 6.07) is 2.84. The lowest BCUT2D eigenvalue weighted by Crippen LogP contribution is -2.42. The van der Waals surface area contributed by atoms with Crippen molar-refractivity contribution in [2.75, 3.05) is 11.9 Å². The van der Waals surface area contributed by atoms with Crippen LogP contribution in [0.15, 0.2) is 42.1 Å². The van der Waals surface area contributed by atoms with Crippen LogP contribution < -0.4 is 21.5 Å². The Morgan fingerprint density at radius 1 is 1.27 bits per heavy atom. The van der Waals surface area contributed by atoms with E-state index < -0.39 is 30.9 Å². The van der Waals surface area contributed by atoms with Crippen molar-refractivity contribution >= 4 is 17.6 Å². The molecule has 0 radical (unpaired) electrons. The van der Waals surface area contributed by atoms with Crippen LogP contribution in [0.25, 0.3) is 0 Å². The number of rotatable bonds is 9. The molecule has 12 heteroatoms. The number of allylic oxidation sites excluding steroid dienone is 2. The molecule has 1 unspecified atom stereocenters. The number of hydrazine groups is 1. The van der Waals surface area contributed by atoms with E-state index in [0.29, 0.717) is 17.8 Å². The highest BCUT2D eigenvalue weighted by Crippen LogP contribution is 2.24. The van der Waals surface area contributed by atoms with Crippen molar-refractivity contribution in [2.24, 2.45) is 0 Å². The molecule has 1 aliphatic rings. The minimum Gasteiger partial charge on any atom is -0.471 e. The van der Waals surface area contributed by atoms with Crippen molar-refractivity contribution in [3.63, 3.8) is 0 Å². The molecule has 1 aromatic heterocycles. The maximum absolute atomic E-state index is 12.9. The quantitative estimate of drug-likeness (QED) is 0.448. The molecule has 2 rings (SSSR count). The van der Waals surface area contributed by atoms with Crippen LogP contribution in [0.4, 0.5) is 23.4 Å². The molecule has 0 aliphatic carbocycles. The number of anilines is 1. The molecule has 30 heavy (non-hydrogen) atoms. The van der Waals surface area contributed by atoms with Gasteiger partial charge < -0.3 is 15.4 Å². The van der Waals surface area contributed by atoms with E-state index in [9.17, 15) is 27.2 Å². The van der Waals surface area contributed by atoms with E-state index in [0.717, 1.165) is 6.08 Å². The van der Waals surface area contributed by atoms with Gasteiger partial charge in [0.15, 0.2) is 6.61 Å². The van der Waals surface area contributed by atoms with Gasteiger partial charge >= 0.3 is 12.3 Å². The van der Waals surface area contributed by atoms with Gasteiger partial charge in [-0.05, 0) is 30.7 Å². The first-order valence-corrected chi connectivity index (χ1v) is 8.91. The predicted octanol–water partition coefficient (Wildman–Crippen LogP) is 2.36. The summed E-state index contributed by atoms with van der Waals surface area (Å²) in [5, 5.41) is 5.33. The Hall–Kier alpha value is -3.31. The van der Waals surface area contributed by atoms with E-state index >= 15 is 0 Å². The number of carbonyl (C=O) groups is 2. The maximum Gasteiger partial charge on any atom is 0.340 e. The van der Waals surface area contributed by atoms with Gasteiger partial charge in [0.25, 0.3) is 5.91 Å². The van der Waals surface area contributed by atoms with Gasteiger partial charge in [-0.1, -0.05) is 6.92 Å². The first-order valence-electron chi connectivity index (χ1n) is 8.91. The maximum atomic E-state index is 12.9. The average Bonchev–Trinajstić information content (AvgIpc) is 2.72. The predicted molar refractivity (Wildman–Crippen MR) is 99.1 cm³/mol. The highest BCUT2D eigenvalue weighted by molar-refractivity contribution is 5.93. The first kappa shape index (κ1) is 23.0. The number of hydrogen-bond donors (Lipinski definition) is 4. The topological polar surface area (TPSA) is 104 Å². The fraction of sp³-hybridized carbons (Fsp3) is 0.389. The van der Waals surface area contributed by atoms with Gasteiger partial charge in [-0.2, -0.15) is 8.78 Å². The number of ether oxygens (including phenoxy) is 1. The smallest absolute Gasteiger partial charge is 0.340 e. The van der Waals surface area contributed by atoms with Gasteiger partial charge in [0.2, 0.25) is 11.8 Å². The summed E-state index contributed by atoms with van der Waals surface area (Å²) >= 11 is 0. The molecule has 2 heterocycles. The van der Waals surface area contributed by atoms with Crippen LogP contribution in [-0.4, -0.2) is 35.8 Å². The second-order valence-corrected chi connectivity index (χ2v) is 6.28. The lowest BCUT2D eigenvalue weighted by Gasteiger charge is -2.22. The Balaban J connectivity index is 1.95. The fourth-order valence-corrected chi connectivity index (χ4v) is 2.20. The van der Waals surface area contributed by atoms with E-state index in [-0.39, 0.29) is 17.5 Å². The molecule has 0 bridgehead atoms.